The van der Waals surface area contributed by atoms with E-state index in [1.165, 1.54) is 0 Å². The van der Waals surface area contributed by atoms with Gasteiger partial charge in [0.2, 0.25) is 5.91 Å². The van der Waals surface area contributed by atoms with Crippen LogP contribution in [0, 0.1) is 11.8 Å². The van der Waals surface area contributed by atoms with Crippen molar-refractivity contribution < 1.29 is 19.4 Å². The second-order valence-electron chi connectivity index (χ2n) is 5.59. The Kier molecular flexibility index (Phi) is 3.12. The molecule has 2 rings (SSSR count). The predicted molar refractivity (Wildman–Crippen MR) is 60.4 cm³/mol. The van der Waals surface area contributed by atoms with Crippen LogP contribution in [0.3, 0.4) is 0 Å². The van der Waals surface area contributed by atoms with Gasteiger partial charge >= 0.3 is 5.97 Å². The normalized spacial score (nSPS) is 35.1. The largest absolute Gasteiger partial charge is 0.481 e. The van der Waals surface area contributed by atoms with Gasteiger partial charge in [-0.2, -0.15) is 0 Å². The first kappa shape index (κ1) is 12.4. The van der Waals surface area contributed by atoms with Crippen molar-refractivity contribution in [1.82, 2.24) is 5.32 Å². The number of aliphatic carboxylic acids is 1. The third-order valence-corrected chi connectivity index (χ3v) is 3.49. The number of ether oxygens (including phenoxy) is 1. The average Bonchev–Trinajstić information content (AvgIpc) is 2.94. The first-order valence-corrected chi connectivity index (χ1v) is 6.06. The quantitative estimate of drug-likeness (QED) is 0.765. The molecule has 17 heavy (non-hydrogen) atoms. The lowest BCUT2D eigenvalue weighted by molar-refractivity contribution is -0.140. The molecule has 2 N–H and O–H groups in total. The number of carboxylic acid groups (broad SMARTS) is 1. The fourth-order valence-corrected chi connectivity index (χ4v) is 2.42. The molecule has 0 radical (unpaired) electrons. The summed E-state index contributed by atoms with van der Waals surface area (Å²) in [6.07, 6.45) is 2.07. The molecule has 5 nitrogen and oxygen atoms in total. The Morgan fingerprint density at radius 2 is 2.06 bits per heavy atom. The Hall–Kier alpha value is -1.10. The summed E-state index contributed by atoms with van der Waals surface area (Å²) in [5, 5.41) is 11.7. The molecule has 96 valence electrons. The van der Waals surface area contributed by atoms with Crippen molar-refractivity contribution in [1.29, 1.82) is 0 Å². The Balaban J connectivity index is 1.82. The molecule has 1 aliphatic carbocycles. The molecule has 0 spiro atoms. The number of carboxylic acids is 1. The van der Waals surface area contributed by atoms with E-state index < -0.39 is 11.9 Å². The van der Waals surface area contributed by atoms with Gasteiger partial charge in [-0.3, -0.25) is 9.59 Å². The molecule has 0 bridgehead atoms. The van der Waals surface area contributed by atoms with Crippen LogP contribution in [0.25, 0.3) is 0 Å². The van der Waals surface area contributed by atoms with E-state index >= 15 is 0 Å². The number of carbonyl (C=O) groups is 2. The molecular formula is C12H19NO4. The SMILES string of the molecule is CC1(C)CC(NC(=O)[C@@H]2C[C@@H]2C(=O)O)CCO1. The van der Waals surface area contributed by atoms with Gasteiger partial charge in [-0.05, 0) is 33.1 Å². The number of carbonyl (C=O) groups excluding carboxylic acids is 1. The summed E-state index contributed by atoms with van der Waals surface area (Å²) < 4.78 is 5.57. The van der Waals surface area contributed by atoms with Crippen molar-refractivity contribution >= 4 is 11.9 Å². The number of rotatable bonds is 3. The number of hydrogen-bond acceptors (Lipinski definition) is 3. The highest BCUT2D eigenvalue weighted by Gasteiger charge is 2.48. The molecule has 5 heteroatoms. The van der Waals surface area contributed by atoms with E-state index in [9.17, 15) is 9.59 Å². The number of amides is 1. The van der Waals surface area contributed by atoms with Gasteiger partial charge in [-0.15, -0.1) is 0 Å². The minimum Gasteiger partial charge on any atom is -0.481 e. The van der Waals surface area contributed by atoms with Crippen molar-refractivity contribution in [3.05, 3.63) is 0 Å². The van der Waals surface area contributed by atoms with Crippen LogP contribution >= 0.6 is 0 Å². The van der Waals surface area contributed by atoms with E-state index in [1.54, 1.807) is 0 Å². The highest BCUT2D eigenvalue weighted by molar-refractivity contribution is 5.89. The summed E-state index contributed by atoms with van der Waals surface area (Å²) in [6, 6.07) is 0.112. The summed E-state index contributed by atoms with van der Waals surface area (Å²) in [5.41, 5.74) is -0.202. The molecule has 1 saturated carbocycles. The van der Waals surface area contributed by atoms with Gasteiger partial charge in [0.15, 0.2) is 0 Å². The fraction of sp³-hybridized carbons (Fsp3) is 0.833. The monoisotopic (exact) mass is 241 g/mol. The topological polar surface area (TPSA) is 75.6 Å². The van der Waals surface area contributed by atoms with E-state index in [-0.39, 0.29) is 23.5 Å². The predicted octanol–water partition coefficient (Wildman–Crippen LogP) is 0.781. The van der Waals surface area contributed by atoms with Crippen LogP contribution in [0.1, 0.15) is 33.1 Å². The van der Waals surface area contributed by atoms with Gasteiger partial charge in [-0.1, -0.05) is 0 Å². The smallest absolute Gasteiger partial charge is 0.307 e. The lowest BCUT2D eigenvalue weighted by atomic mass is 9.94. The second-order valence-corrected chi connectivity index (χ2v) is 5.59. The maximum Gasteiger partial charge on any atom is 0.307 e. The van der Waals surface area contributed by atoms with Gasteiger partial charge < -0.3 is 15.2 Å². The van der Waals surface area contributed by atoms with Crippen molar-refractivity contribution in [2.75, 3.05) is 6.61 Å². The minimum atomic E-state index is -0.863. The van der Waals surface area contributed by atoms with E-state index in [4.69, 9.17) is 9.84 Å². The zero-order valence-electron chi connectivity index (χ0n) is 10.2. The van der Waals surface area contributed by atoms with Gasteiger partial charge in [0.05, 0.1) is 17.4 Å². The minimum absolute atomic E-state index is 0.111. The molecule has 1 saturated heterocycles. The Labute approximate surface area is 101 Å². The summed E-state index contributed by atoms with van der Waals surface area (Å²) in [6.45, 7) is 4.65. The molecule has 2 fully saturated rings. The lowest BCUT2D eigenvalue weighted by Crippen LogP contribution is -2.46. The molecule has 1 heterocycles. The Bertz CT molecular complexity index is 339. The second kappa shape index (κ2) is 4.29. The molecule has 1 unspecified atom stereocenters. The first-order valence-electron chi connectivity index (χ1n) is 6.06. The number of hydrogen-bond donors (Lipinski definition) is 2. The molecule has 0 aromatic carbocycles. The van der Waals surface area contributed by atoms with Crippen LogP contribution in [0.4, 0.5) is 0 Å². The average molecular weight is 241 g/mol. The first-order chi connectivity index (χ1) is 7.89. The van der Waals surface area contributed by atoms with Crippen molar-refractivity contribution in [2.24, 2.45) is 11.8 Å². The Morgan fingerprint density at radius 3 is 2.59 bits per heavy atom. The molecule has 0 aromatic rings. The van der Waals surface area contributed by atoms with Crippen molar-refractivity contribution in [2.45, 2.75) is 44.8 Å². The van der Waals surface area contributed by atoms with E-state index in [2.05, 4.69) is 5.32 Å². The molecule has 2 aliphatic rings. The van der Waals surface area contributed by atoms with Gasteiger partial charge in [0, 0.05) is 12.6 Å². The van der Waals surface area contributed by atoms with Crippen molar-refractivity contribution in [3.63, 3.8) is 0 Å². The zero-order chi connectivity index (χ0) is 12.6. The van der Waals surface area contributed by atoms with E-state index in [1.807, 2.05) is 13.8 Å². The van der Waals surface area contributed by atoms with Crippen LogP contribution in [0.2, 0.25) is 0 Å². The van der Waals surface area contributed by atoms with Crippen LogP contribution in [-0.2, 0) is 14.3 Å². The van der Waals surface area contributed by atoms with Crippen LogP contribution in [0.5, 0.6) is 0 Å². The standard InChI is InChI=1S/C12H19NO4/c1-12(2)6-7(3-4-17-12)13-10(14)8-5-9(8)11(15)16/h7-9H,3-6H2,1-2H3,(H,13,14)(H,15,16)/t7?,8-,9+/m1/s1. The van der Waals surface area contributed by atoms with Crippen LogP contribution in [0.15, 0.2) is 0 Å². The lowest BCUT2D eigenvalue weighted by Gasteiger charge is -2.35. The Morgan fingerprint density at radius 1 is 1.35 bits per heavy atom. The van der Waals surface area contributed by atoms with Crippen LogP contribution in [-0.4, -0.2) is 35.2 Å². The van der Waals surface area contributed by atoms with Gasteiger partial charge in [-0.25, -0.2) is 0 Å². The fourth-order valence-electron chi connectivity index (χ4n) is 2.42. The summed E-state index contributed by atoms with van der Waals surface area (Å²) in [7, 11) is 0. The van der Waals surface area contributed by atoms with Crippen molar-refractivity contribution in [3.8, 4) is 0 Å². The van der Waals surface area contributed by atoms with E-state index in [0.717, 1.165) is 12.8 Å². The summed E-state index contributed by atoms with van der Waals surface area (Å²) in [4.78, 5) is 22.5. The highest BCUT2D eigenvalue weighted by Crippen LogP contribution is 2.39. The molecule has 3 atom stereocenters. The summed E-state index contributed by atoms with van der Waals surface area (Å²) in [5.74, 6) is -1.76. The third kappa shape index (κ3) is 2.97. The molecular weight excluding hydrogens is 222 g/mol. The summed E-state index contributed by atoms with van der Waals surface area (Å²) >= 11 is 0. The maximum atomic E-state index is 11.8. The molecule has 1 amide bonds. The third-order valence-electron chi connectivity index (χ3n) is 3.49. The van der Waals surface area contributed by atoms with E-state index in [0.29, 0.717) is 13.0 Å². The van der Waals surface area contributed by atoms with Crippen LogP contribution < -0.4 is 5.32 Å². The highest BCUT2D eigenvalue weighted by atomic mass is 16.5. The molecule has 1 aliphatic heterocycles. The zero-order valence-corrected chi connectivity index (χ0v) is 10.2. The molecule has 0 aromatic heterocycles. The maximum absolute atomic E-state index is 11.8. The number of nitrogens with one attached hydrogen (secondary N) is 1. The van der Waals surface area contributed by atoms with Gasteiger partial charge in [0.1, 0.15) is 0 Å². The van der Waals surface area contributed by atoms with Gasteiger partial charge in [0.25, 0.3) is 0 Å².